The molecule has 0 saturated heterocycles. The molecule has 2 heteroatoms. The van der Waals surface area contributed by atoms with E-state index in [0.717, 1.165) is 31.9 Å². The summed E-state index contributed by atoms with van der Waals surface area (Å²) in [7, 11) is 0. The van der Waals surface area contributed by atoms with E-state index in [9.17, 15) is 0 Å². The van der Waals surface area contributed by atoms with Crippen molar-refractivity contribution in [3.63, 3.8) is 0 Å². The van der Waals surface area contributed by atoms with Crippen LogP contribution in [0.3, 0.4) is 0 Å². The van der Waals surface area contributed by atoms with Crippen molar-refractivity contribution in [1.82, 2.24) is 5.32 Å². The van der Waals surface area contributed by atoms with Crippen molar-refractivity contribution in [2.24, 2.45) is 0 Å². The zero-order valence-corrected chi connectivity index (χ0v) is 10.6. The van der Waals surface area contributed by atoms with Gasteiger partial charge in [-0.2, -0.15) is 0 Å². The van der Waals surface area contributed by atoms with Crippen molar-refractivity contribution in [2.75, 3.05) is 19.7 Å². The van der Waals surface area contributed by atoms with E-state index in [1.165, 1.54) is 5.56 Å². The minimum atomic E-state index is 0.560. The second-order valence-electron chi connectivity index (χ2n) is 4.28. The second kappa shape index (κ2) is 7.29. The number of rotatable bonds is 7. The van der Waals surface area contributed by atoms with Crippen molar-refractivity contribution in [2.45, 2.75) is 33.1 Å². The molecule has 1 N–H and O–H groups in total. The van der Waals surface area contributed by atoms with E-state index < -0.39 is 0 Å². The first-order valence-corrected chi connectivity index (χ1v) is 6.17. The first-order chi connectivity index (χ1) is 7.74. The van der Waals surface area contributed by atoms with Crippen LogP contribution in [0, 0.1) is 0 Å². The van der Waals surface area contributed by atoms with Crippen LogP contribution < -0.4 is 10.1 Å². The summed E-state index contributed by atoms with van der Waals surface area (Å²) in [4.78, 5) is 0. The van der Waals surface area contributed by atoms with Crippen LogP contribution in [-0.2, 0) is 0 Å². The molecular formula is C14H23NO. The van der Waals surface area contributed by atoms with Crippen LogP contribution in [0.25, 0.3) is 0 Å². The monoisotopic (exact) mass is 221 g/mol. The van der Waals surface area contributed by atoms with Gasteiger partial charge in [-0.05, 0) is 43.1 Å². The van der Waals surface area contributed by atoms with Crippen molar-refractivity contribution in [3.8, 4) is 5.75 Å². The van der Waals surface area contributed by atoms with Gasteiger partial charge in [-0.1, -0.05) is 32.9 Å². The molecule has 0 unspecified atom stereocenters. The minimum absolute atomic E-state index is 0.560. The molecule has 0 aliphatic carbocycles. The summed E-state index contributed by atoms with van der Waals surface area (Å²) >= 11 is 0. The first kappa shape index (κ1) is 13.0. The Balaban J connectivity index is 2.33. The SMILES string of the molecule is CCNCCCOc1cccc(C(C)C)c1. The smallest absolute Gasteiger partial charge is 0.119 e. The zero-order valence-electron chi connectivity index (χ0n) is 10.6. The third-order valence-corrected chi connectivity index (χ3v) is 2.54. The van der Waals surface area contributed by atoms with Crippen molar-refractivity contribution < 1.29 is 4.74 Å². The summed E-state index contributed by atoms with van der Waals surface area (Å²) in [5, 5.41) is 3.28. The molecule has 0 amide bonds. The Morgan fingerprint density at radius 3 is 2.81 bits per heavy atom. The summed E-state index contributed by atoms with van der Waals surface area (Å²) in [6.07, 6.45) is 1.06. The van der Waals surface area contributed by atoms with Gasteiger partial charge in [-0.25, -0.2) is 0 Å². The van der Waals surface area contributed by atoms with E-state index in [-0.39, 0.29) is 0 Å². The molecule has 90 valence electrons. The Bertz CT molecular complexity index is 297. The first-order valence-electron chi connectivity index (χ1n) is 6.17. The van der Waals surface area contributed by atoms with Crippen molar-refractivity contribution in [3.05, 3.63) is 29.8 Å². The van der Waals surface area contributed by atoms with Gasteiger partial charge < -0.3 is 10.1 Å². The summed E-state index contributed by atoms with van der Waals surface area (Å²) in [6.45, 7) is 9.36. The van der Waals surface area contributed by atoms with E-state index in [2.05, 4.69) is 44.3 Å². The maximum Gasteiger partial charge on any atom is 0.119 e. The van der Waals surface area contributed by atoms with Gasteiger partial charge in [-0.3, -0.25) is 0 Å². The Hall–Kier alpha value is -1.02. The fourth-order valence-corrected chi connectivity index (χ4v) is 1.53. The third kappa shape index (κ3) is 4.67. The molecule has 1 rings (SSSR count). The number of nitrogens with one attached hydrogen (secondary N) is 1. The summed E-state index contributed by atoms with van der Waals surface area (Å²) in [5.41, 5.74) is 1.34. The average molecular weight is 221 g/mol. The fourth-order valence-electron chi connectivity index (χ4n) is 1.53. The van der Waals surface area contributed by atoms with E-state index >= 15 is 0 Å². The molecule has 0 bridgehead atoms. The maximum atomic E-state index is 5.70. The summed E-state index contributed by atoms with van der Waals surface area (Å²) in [5.74, 6) is 1.55. The van der Waals surface area contributed by atoms with E-state index in [1.807, 2.05) is 6.07 Å². The van der Waals surface area contributed by atoms with Crippen LogP contribution in [0.5, 0.6) is 5.75 Å². The number of hydrogen-bond donors (Lipinski definition) is 1. The highest BCUT2D eigenvalue weighted by Crippen LogP contribution is 2.19. The van der Waals surface area contributed by atoms with Crippen LogP contribution in [-0.4, -0.2) is 19.7 Å². The highest BCUT2D eigenvalue weighted by atomic mass is 16.5. The fraction of sp³-hybridized carbons (Fsp3) is 0.571. The van der Waals surface area contributed by atoms with Gasteiger partial charge >= 0.3 is 0 Å². The van der Waals surface area contributed by atoms with Gasteiger partial charge in [0.25, 0.3) is 0 Å². The Morgan fingerprint density at radius 1 is 1.31 bits per heavy atom. The van der Waals surface area contributed by atoms with Crippen molar-refractivity contribution >= 4 is 0 Å². The lowest BCUT2D eigenvalue weighted by Crippen LogP contribution is -2.16. The lowest BCUT2D eigenvalue weighted by molar-refractivity contribution is 0.308. The highest BCUT2D eigenvalue weighted by molar-refractivity contribution is 5.30. The van der Waals surface area contributed by atoms with Gasteiger partial charge in [0.1, 0.15) is 5.75 Å². The third-order valence-electron chi connectivity index (χ3n) is 2.54. The second-order valence-corrected chi connectivity index (χ2v) is 4.28. The Morgan fingerprint density at radius 2 is 2.12 bits per heavy atom. The summed E-state index contributed by atoms with van der Waals surface area (Å²) in [6, 6.07) is 8.38. The zero-order chi connectivity index (χ0) is 11.8. The largest absolute Gasteiger partial charge is 0.494 e. The quantitative estimate of drug-likeness (QED) is 0.714. The maximum absolute atomic E-state index is 5.70. The van der Waals surface area contributed by atoms with Crippen LogP contribution in [0.4, 0.5) is 0 Å². The van der Waals surface area contributed by atoms with Gasteiger partial charge in [-0.15, -0.1) is 0 Å². The van der Waals surface area contributed by atoms with Gasteiger partial charge in [0, 0.05) is 0 Å². The molecule has 16 heavy (non-hydrogen) atoms. The molecule has 0 aromatic heterocycles. The van der Waals surface area contributed by atoms with Crippen LogP contribution >= 0.6 is 0 Å². The molecule has 0 aliphatic rings. The normalized spacial score (nSPS) is 10.8. The number of benzene rings is 1. The Kier molecular flexibility index (Phi) is 5.94. The molecule has 0 fully saturated rings. The standard InChI is InChI=1S/C14H23NO/c1-4-15-9-6-10-16-14-8-5-7-13(11-14)12(2)3/h5,7-8,11-12,15H,4,6,9-10H2,1-3H3. The van der Waals surface area contributed by atoms with Crippen molar-refractivity contribution in [1.29, 1.82) is 0 Å². The van der Waals surface area contributed by atoms with E-state index in [0.29, 0.717) is 5.92 Å². The van der Waals surface area contributed by atoms with Crippen LogP contribution in [0.15, 0.2) is 24.3 Å². The average Bonchev–Trinajstić information content (AvgIpc) is 2.29. The molecule has 2 nitrogen and oxygen atoms in total. The van der Waals surface area contributed by atoms with E-state index in [4.69, 9.17) is 4.74 Å². The predicted octanol–water partition coefficient (Wildman–Crippen LogP) is 3.19. The topological polar surface area (TPSA) is 21.3 Å². The lowest BCUT2D eigenvalue weighted by atomic mass is 10.0. The molecule has 0 heterocycles. The predicted molar refractivity (Wildman–Crippen MR) is 69.2 cm³/mol. The number of hydrogen-bond acceptors (Lipinski definition) is 2. The molecule has 1 aromatic rings. The molecular weight excluding hydrogens is 198 g/mol. The van der Waals surface area contributed by atoms with E-state index in [1.54, 1.807) is 0 Å². The highest BCUT2D eigenvalue weighted by Gasteiger charge is 2.00. The van der Waals surface area contributed by atoms with Crippen LogP contribution in [0.2, 0.25) is 0 Å². The van der Waals surface area contributed by atoms with Gasteiger partial charge in [0.15, 0.2) is 0 Å². The Labute approximate surface area is 99.0 Å². The molecule has 0 saturated carbocycles. The minimum Gasteiger partial charge on any atom is -0.494 e. The van der Waals surface area contributed by atoms with Gasteiger partial charge in [0.05, 0.1) is 6.61 Å². The lowest BCUT2D eigenvalue weighted by Gasteiger charge is -2.10. The molecule has 0 atom stereocenters. The van der Waals surface area contributed by atoms with Gasteiger partial charge in [0.2, 0.25) is 0 Å². The summed E-state index contributed by atoms with van der Waals surface area (Å²) < 4.78 is 5.70. The molecule has 0 spiro atoms. The van der Waals surface area contributed by atoms with Crippen LogP contribution in [0.1, 0.15) is 38.7 Å². The number of ether oxygens (including phenoxy) is 1. The molecule has 0 aliphatic heterocycles. The molecule has 0 radical (unpaired) electrons. The molecule has 1 aromatic carbocycles.